The van der Waals surface area contributed by atoms with Crippen molar-refractivity contribution in [1.29, 1.82) is 0 Å². The minimum atomic E-state index is -0.0647. The quantitative estimate of drug-likeness (QED) is 0.421. The summed E-state index contributed by atoms with van der Waals surface area (Å²) in [7, 11) is 1.81. The van der Waals surface area contributed by atoms with Gasteiger partial charge in [-0.15, -0.1) is 0 Å². The van der Waals surface area contributed by atoms with Crippen LogP contribution in [0.1, 0.15) is 24.2 Å². The standard InChI is InChI=1S/C25H24N4O/c1-18(23-16-20-8-6-7-11-22(20)28-23)29(2)25(30)15-13-19-12-14-24(26-17-19)27-21-9-4-3-5-10-21/h3-18,28H,1-2H3,(H,26,27). The lowest BCUT2D eigenvalue weighted by molar-refractivity contribution is -0.126. The van der Waals surface area contributed by atoms with Crippen LogP contribution in [0.25, 0.3) is 17.0 Å². The molecule has 1 unspecified atom stereocenters. The molecule has 5 nitrogen and oxygen atoms in total. The SMILES string of the molecule is CC(c1cc2ccccc2[nH]1)N(C)C(=O)C=Cc1ccc(Nc2ccccc2)nc1. The highest BCUT2D eigenvalue weighted by Gasteiger charge is 2.17. The van der Waals surface area contributed by atoms with Crippen molar-refractivity contribution in [2.24, 2.45) is 0 Å². The fourth-order valence-corrected chi connectivity index (χ4v) is 3.25. The summed E-state index contributed by atoms with van der Waals surface area (Å²) in [5.41, 5.74) is 3.94. The number of hydrogen-bond acceptors (Lipinski definition) is 3. The molecular formula is C25H24N4O. The van der Waals surface area contributed by atoms with Gasteiger partial charge >= 0.3 is 0 Å². The fraction of sp³-hybridized carbons (Fsp3) is 0.120. The summed E-state index contributed by atoms with van der Waals surface area (Å²) in [6.45, 7) is 2.02. The van der Waals surface area contributed by atoms with Gasteiger partial charge in [-0.3, -0.25) is 4.79 Å². The lowest BCUT2D eigenvalue weighted by Gasteiger charge is -2.22. The smallest absolute Gasteiger partial charge is 0.246 e. The number of nitrogens with zero attached hydrogens (tertiary/aromatic N) is 2. The molecule has 0 saturated heterocycles. The number of rotatable bonds is 6. The molecule has 4 aromatic rings. The maximum atomic E-state index is 12.6. The number of fused-ring (bicyclic) bond motifs is 1. The Morgan fingerprint density at radius 1 is 1.07 bits per heavy atom. The highest BCUT2D eigenvalue weighted by molar-refractivity contribution is 5.92. The number of amides is 1. The third-order valence-corrected chi connectivity index (χ3v) is 5.18. The molecule has 0 aliphatic rings. The second-order valence-electron chi connectivity index (χ2n) is 7.24. The van der Waals surface area contributed by atoms with Crippen LogP contribution in [0.5, 0.6) is 0 Å². The third-order valence-electron chi connectivity index (χ3n) is 5.18. The van der Waals surface area contributed by atoms with Gasteiger partial charge in [0.05, 0.1) is 6.04 Å². The van der Waals surface area contributed by atoms with Crippen LogP contribution in [0.2, 0.25) is 0 Å². The van der Waals surface area contributed by atoms with Crippen LogP contribution in [-0.2, 0) is 4.79 Å². The van der Waals surface area contributed by atoms with Crippen LogP contribution in [-0.4, -0.2) is 27.8 Å². The zero-order valence-corrected chi connectivity index (χ0v) is 17.0. The van der Waals surface area contributed by atoms with Gasteiger partial charge in [0.1, 0.15) is 5.82 Å². The number of aromatic amines is 1. The van der Waals surface area contributed by atoms with Crippen molar-refractivity contribution in [1.82, 2.24) is 14.9 Å². The van der Waals surface area contributed by atoms with Gasteiger partial charge < -0.3 is 15.2 Å². The molecule has 4 rings (SSSR count). The molecule has 1 amide bonds. The van der Waals surface area contributed by atoms with E-state index in [1.54, 1.807) is 23.2 Å². The molecule has 2 aromatic carbocycles. The number of carbonyl (C=O) groups is 1. The minimum Gasteiger partial charge on any atom is -0.357 e. The van der Waals surface area contributed by atoms with Crippen molar-refractivity contribution >= 4 is 34.4 Å². The molecule has 0 fully saturated rings. The number of likely N-dealkylation sites (N-methyl/N-ethyl adjacent to an activating group) is 1. The highest BCUT2D eigenvalue weighted by atomic mass is 16.2. The van der Waals surface area contributed by atoms with Crippen LogP contribution in [0.3, 0.4) is 0 Å². The Morgan fingerprint density at radius 3 is 2.57 bits per heavy atom. The number of aromatic nitrogens is 2. The molecule has 0 spiro atoms. The van der Waals surface area contributed by atoms with Gasteiger partial charge in [0.25, 0.3) is 0 Å². The van der Waals surface area contributed by atoms with Crippen molar-refractivity contribution in [3.8, 4) is 0 Å². The largest absolute Gasteiger partial charge is 0.357 e. The van der Waals surface area contributed by atoms with Crippen molar-refractivity contribution in [3.05, 3.63) is 96.3 Å². The molecule has 2 aromatic heterocycles. The predicted molar refractivity (Wildman–Crippen MR) is 122 cm³/mol. The van der Waals surface area contributed by atoms with E-state index in [9.17, 15) is 4.79 Å². The molecule has 0 aliphatic carbocycles. The van der Waals surface area contributed by atoms with Crippen LogP contribution in [0.15, 0.2) is 85.1 Å². The van der Waals surface area contributed by atoms with E-state index in [2.05, 4.69) is 27.4 Å². The molecule has 30 heavy (non-hydrogen) atoms. The first-order chi connectivity index (χ1) is 14.6. The molecule has 0 aliphatic heterocycles. The Balaban J connectivity index is 1.39. The van der Waals surface area contributed by atoms with Gasteiger partial charge in [-0.2, -0.15) is 0 Å². The van der Waals surface area contributed by atoms with Gasteiger partial charge in [0.15, 0.2) is 0 Å². The first kappa shape index (κ1) is 19.5. The lowest BCUT2D eigenvalue weighted by Crippen LogP contribution is -2.28. The van der Waals surface area contributed by atoms with E-state index in [-0.39, 0.29) is 11.9 Å². The first-order valence-corrected chi connectivity index (χ1v) is 9.91. The van der Waals surface area contributed by atoms with E-state index in [0.717, 1.165) is 33.7 Å². The average molecular weight is 396 g/mol. The second-order valence-corrected chi connectivity index (χ2v) is 7.24. The summed E-state index contributed by atoms with van der Waals surface area (Å²) >= 11 is 0. The van der Waals surface area contributed by atoms with E-state index >= 15 is 0 Å². The molecular weight excluding hydrogens is 372 g/mol. The fourth-order valence-electron chi connectivity index (χ4n) is 3.25. The predicted octanol–water partition coefficient (Wildman–Crippen LogP) is 5.54. The highest BCUT2D eigenvalue weighted by Crippen LogP contribution is 2.23. The van der Waals surface area contributed by atoms with Gasteiger partial charge in [-0.1, -0.05) is 36.4 Å². The molecule has 5 heteroatoms. The lowest BCUT2D eigenvalue weighted by atomic mass is 10.2. The van der Waals surface area contributed by atoms with Gasteiger partial charge in [0.2, 0.25) is 5.91 Å². The van der Waals surface area contributed by atoms with Crippen molar-refractivity contribution in [2.75, 3.05) is 12.4 Å². The van der Waals surface area contributed by atoms with E-state index in [4.69, 9.17) is 0 Å². The number of carbonyl (C=O) groups excluding carboxylic acids is 1. The van der Waals surface area contributed by atoms with Crippen LogP contribution >= 0.6 is 0 Å². The number of para-hydroxylation sites is 2. The number of pyridine rings is 1. The number of hydrogen-bond donors (Lipinski definition) is 2. The van der Waals surface area contributed by atoms with E-state index < -0.39 is 0 Å². The van der Waals surface area contributed by atoms with Crippen LogP contribution < -0.4 is 5.32 Å². The Hall–Kier alpha value is -3.86. The molecule has 0 bridgehead atoms. The number of anilines is 2. The van der Waals surface area contributed by atoms with Gasteiger partial charge in [-0.25, -0.2) is 4.98 Å². The van der Waals surface area contributed by atoms with Crippen molar-refractivity contribution in [2.45, 2.75) is 13.0 Å². The Bertz CT molecular complexity index is 1130. The maximum absolute atomic E-state index is 12.6. The minimum absolute atomic E-state index is 0.0624. The third kappa shape index (κ3) is 4.41. The maximum Gasteiger partial charge on any atom is 0.246 e. The number of benzene rings is 2. The summed E-state index contributed by atoms with van der Waals surface area (Å²) < 4.78 is 0. The average Bonchev–Trinajstić information content (AvgIpc) is 3.22. The normalized spacial score (nSPS) is 12.2. The first-order valence-electron chi connectivity index (χ1n) is 9.91. The number of nitrogens with one attached hydrogen (secondary N) is 2. The molecule has 2 N–H and O–H groups in total. The van der Waals surface area contributed by atoms with Crippen LogP contribution in [0, 0.1) is 0 Å². The topological polar surface area (TPSA) is 61.0 Å². The monoisotopic (exact) mass is 396 g/mol. The zero-order chi connectivity index (χ0) is 20.9. The summed E-state index contributed by atoms with van der Waals surface area (Å²) in [5.74, 6) is 0.696. The van der Waals surface area contributed by atoms with Crippen molar-refractivity contribution < 1.29 is 4.79 Å². The molecule has 0 saturated carbocycles. The molecule has 0 radical (unpaired) electrons. The number of H-pyrrole nitrogens is 1. The van der Waals surface area contributed by atoms with Gasteiger partial charge in [-0.05, 0) is 60.3 Å². The van der Waals surface area contributed by atoms with Crippen molar-refractivity contribution in [3.63, 3.8) is 0 Å². The van der Waals surface area contributed by atoms with Gasteiger partial charge in [0, 0.05) is 36.2 Å². The molecule has 150 valence electrons. The molecule has 1 atom stereocenters. The Morgan fingerprint density at radius 2 is 1.83 bits per heavy atom. The van der Waals surface area contributed by atoms with E-state index in [0.29, 0.717) is 0 Å². The Labute approximate surface area is 176 Å². The Kier molecular flexibility index (Phi) is 5.61. The van der Waals surface area contributed by atoms with E-state index in [1.807, 2.05) is 74.6 Å². The summed E-state index contributed by atoms with van der Waals surface area (Å²) in [4.78, 5) is 22.2. The second kappa shape index (κ2) is 8.66. The summed E-state index contributed by atoms with van der Waals surface area (Å²) in [6.07, 6.45) is 5.12. The summed E-state index contributed by atoms with van der Waals surface area (Å²) in [6, 6.07) is 23.9. The molecule has 2 heterocycles. The van der Waals surface area contributed by atoms with Crippen LogP contribution in [0.4, 0.5) is 11.5 Å². The zero-order valence-electron chi connectivity index (χ0n) is 17.0. The summed E-state index contributed by atoms with van der Waals surface area (Å²) in [5, 5.41) is 4.39. The van der Waals surface area contributed by atoms with E-state index in [1.165, 1.54) is 0 Å².